The van der Waals surface area contributed by atoms with Gasteiger partial charge in [0.2, 0.25) is 0 Å². The van der Waals surface area contributed by atoms with Crippen molar-refractivity contribution in [2.75, 3.05) is 20.1 Å². The molecule has 1 aliphatic carbocycles. The monoisotopic (exact) mass is 238 g/mol. The second-order valence-corrected chi connectivity index (χ2v) is 6.75. The Morgan fingerprint density at radius 1 is 1.00 bits per heavy atom. The van der Waals surface area contributed by atoms with Gasteiger partial charge in [-0.05, 0) is 57.7 Å². The van der Waals surface area contributed by atoms with E-state index in [0.29, 0.717) is 5.41 Å². The zero-order chi connectivity index (χ0) is 12.3. The molecule has 0 radical (unpaired) electrons. The molecule has 2 heteroatoms. The van der Waals surface area contributed by atoms with Crippen molar-refractivity contribution in [3.8, 4) is 0 Å². The van der Waals surface area contributed by atoms with Crippen LogP contribution in [-0.2, 0) is 0 Å². The fourth-order valence-electron chi connectivity index (χ4n) is 3.89. The molecule has 2 atom stereocenters. The van der Waals surface area contributed by atoms with Crippen LogP contribution < -0.4 is 5.32 Å². The average Bonchev–Trinajstić information content (AvgIpc) is 2.56. The van der Waals surface area contributed by atoms with E-state index in [2.05, 4.69) is 31.1 Å². The van der Waals surface area contributed by atoms with Crippen LogP contribution in [0.5, 0.6) is 0 Å². The molecule has 100 valence electrons. The van der Waals surface area contributed by atoms with Gasteiger partial charge in [0.25, 0.3) is 0 Å². The first-order chi connectivity index (χ1) is 8.11. The maximum atomic E-state index is 3.53. The minimum absolute atomic E-state index is 0.521. The van der Waals surface area contributed by atoms with Gasteiger partial charge in [0.1, 0.15) is 0 Å². The normalized spacial score (nSPS) is 34.6. The Bertz CT molecular complexity index is 229. The molecular weight excluding hydrogens is 208 g/mol. The van der Waals surface area contributed by atoms with Crippen LogP contribution >= 0.6 is 0 Å². The second-order valence-electron chi connectivity index (χ2n) is 6.75. The van der Waals surface area contributed by atoms with E-state index in [0.717, 1.165) is 12.1 Å². The molecule has 0 aromatic carbocycles. The second kappa shape index (κ2) is 5.71. The number of hydrogen-bond donors (Lipinski definition) is 1. The summed E-state index contributed by atoms with van der Waals surface area (Å²) in [6, 6.07) is 1.62. The number of nitrogens with one attached hydrogen (secondary N) is 1. The van der Waals surface area contributed by atoms with Gasteiger partial charge in [-0.25, -0.2) is 0 Å². The summed E-state index contributed by atoms with van der Waals surface area (Å²) < 4.78 is 0. The van der Waals surface area contributed by atoms with Crippen molar-refractivity contribution in [3.63, 3.8) is 0 Å². The molecule has 0 bridgehead atoms. The third kappa shape index (κ3) is 3.23. The molecule has 1 heterocycles. The molecule has 1 N–H and O–H groups in total. The van der Waals surface area contributed by atoms with E-state index >= 15 is 0 Å². The Morgan fingerprint density at radius 2 is 1.82 bits per heavy atom. The molecular formula is C15H30N2. The first-order valence-corrected chi connectivity index (χ1v) is 7.54. The highest BCUT2D eigenvalue weighted by atomic mass is 15.2. The molecule has 2 nitrogen and oxygen atoms in total. The molecule has 2 fully saturated rings. The van der Waals surface area contributed by atoms with E-state index < -0.39 is 0 Å². The van der Waals surface area contributed by atoms with Crippen LogP contribution in [0.1, 0.15) is 58.8 Å². The Kier molecular flexibility index (Phi) is 4.48. The smallest absolute Gasteiger partial charge is 0.0146 e. The predicted molar refractivity (Wildman–Crippen MR) is 74.3 cm³/mol. The molecule has 0 spiro atoms. The van der Waals surface area contributed by atoms with E-state index in [-0.39, 0.29) is 0 Å². The van der Waals surface area contributed by atoms with Gasteiger partial charge < -0.3 is 5.32 Å². The van der Waals surface area contributed by atoms with Crippen molar-refractivity contribution in [3.05, 3.63) is 0 Å². The van der Waals surface area contributed by atoms with Crippen molar-refractivity contribution >= 4 is 0 Å². The SMILES string of the molecule is CN(C1CCCNCC1)C1CCCCC1(C)C. The summed E-state index contributed by atoms with van der Waals surface area (Å²) in [4.78, 5) is 2.73. The Morgan fingerprint density at radius 3 is 2.59 bits per heavy atom. The third-order valence-electron chi connectivity index (χ3n) is 5.06. The largest absolute Gasteiger partial charge is 0.317 e. The average molecular weight is 238 g/mol. The highest BCUT2D eigenvalue weighted by Crippen LogP contribution is 2.39. The fourth-order valence-corrected chi connectivity index (χ4v) is 3.89. The predicted octanol–water partition coefficient (Wildman–Crippen LogP) is 3.03. The van der Waals surface area contributed by atoms with Crippen molar-refractivity contribution in [2.24, 2.45) is 5.41 Å². The van der Waals surface area contributed by atoms with Gasteiger partial charge >= 0.3 is 0 Å². The number of hydrogen-bond acceptors (Lipinski definition) is 2. The van der Waals surface area contributed by atoms with E-state index in [1.807, 2.05) is 0 Å². The fraction of sp³-hybridized carbons (Fsp3) is 1.00. The molecule has 2 aliphatic rings. The van der Waals surface area contributed by atoms with Gasteiger partial charge in [0.05, 0.1) is 0 Å². The number of nitrogens with zero attached hydrogens (tertiary/aromatic N) is 1. The Labute approximate surface area is 107 Å². The minimum Gasteiger partial charge on any atom is -0.317 e. The summed E-state index contributed by atoms with van der Waals surface area (Å²) in [7, 11) is 2.38. The quantitative estimate of drug-likeness (QED) is 0.795. The molecule has 0 aromatic rings. The first kappa shape index (κ1) is 13.4. The summed E-state index contributed by atoms with van der Waals surface area (Å²) >= 11 is 0. The Balaban J connectivity index is 1.99. The molecule has 0 aromatic heterocycles. The van der Waals surface area contributed by atoms with Gasteiger partial charge in [-0.1, -0.05) is 26.7 Å². The topological polar surface area (TPSA) is 15.3 Å². The maximum absolute atomic E-state index is 3.53. The van der Waals surface area contributed by atoms with E-state index in [1.54, 1.807) is 0 Å². The molecule has 0 amide bonds. The highest BCUT2D eigenvalue weighted by molar-refractivity contribution is 4.91. The summed E-state index contributed by atoms with van der Waals surface area (Å²) in [6.45, 7) is 7.38. The lowest BCUT2D eigenvalue weighted by Crippen LogP contribution is -2.49. The number of rotatable bonds is 2. The lowest BCUT2D eigenvalue weighted by molar-refractivity contribution is 0.0345. The molecule has 1 aliphatic heterocycles. The van der Waals surface area contributed by atoms with E-state index in [4.69, 9.17) is 0 Å². The lowest BCUT2D eigenvalue weighted by atomic mass is 9.72. The zero-order valence-electron chi connectivity index (χ0n) is 12.0. The van der Waals surface area contributed by atoms with Gasteiger partial charge in [-0.15, -0.1) is 0 Å². The first-order valence-electron chi connectivity index (χ1n) is 7.54. The van der Waals surface area contributed by atoms with Crippen LogP contribution in [0.2, 0.25) is 0 Å². The van der Waals surface area contributed by atoms with Crippen LogP contribution in [0.15, 0.2) is 0 Å². The summed E-state index contributed by atoms with van der Waals surface area (Å²) in [5, 5.41) is 3.53. The molecule has 1 saturated heterocycles. The summed E-state index contributed by atoms with van der Waals surface area (Å²) in [5.74, 6) is 0. The van der Waals surface area contributed by atoms with Crippen molar-refractivity contribution in [1.29, 1.82) is 0 Å². The zero-order valence-corrected chi connectivity index (χ0v) is 12.0. The van der Waals surface area contributed by atoms with Crippen molar-refractivity contribution in [1.82, 2.24) is 10.2 Å². The van der Waals surface area contributed by atoms with E-state index in [9.17, 15) is 0 Å². The van der Waals surface area contributed by atoms with Crippen LogP contribution in [-0.4, -0.2) is 37.1 Å². The molecule has 1 saturated carbocycles. The highest BCUT2D eigenvalue weighted by Gasteiger charge is 2.37. The van der Waals surface area contributed by atoms with Gasteiger partial charge in [0.15, 0.2) is 0 Å². The van der Waals surface area contributed by atoms with Crippen LogP contribution in [0.4, 0.5) is 0 Å². The summed E-state index contributed by atoms with van der Waals surface area (Å²) in [5.41, 5.74) is 0.521. The minimum atomic E-state index is 0.521. The molecule has 2 rings (SSSR count). The standard InChI is InChI=1S/C15H30N2/c1-15(2)10-5-4-8-14(15)17(3)13-7-6-11-16-12-9-13/h13-14,16H,4-12H2,1-3H3. The molecule has 17 heavy (non-hydrogen) atoms. The van der Waals surface area contributed by atoms with Gasteiger partial charge in [-0.2, -0.15) is 0 Å². The van der Waals surface area contributed by atoms with Crippen LogP contribution in [0.25, 0.3) is 0 Å². The lowest BCUT2D eigenvalue weighted by Gasteiger charge is -2.46. The van der Waals surface area contributed by atoms with Crippen molar-refractivity contribution < 1.29 is 0 Å². The maximum Gasteiger partial charge on any atom is 0.0146 e. The summed E-state index contributed by atoms with van der Waals surface area (Å²) in [6.07, 6.45) is 9.76. The van der Waals surface area contributed by atoms with Gasteiger partial charge in [0, 0.05) is 12.1 Å². The molecule has 2 unspecified atom stereocenters. The van der Waals surface area contributed by atoms with Gasteiger partial charge in [-0.3, -0.25) is 4.90 Å². The van der Waals surface area contributed by atoms with Crippen LogP contribution in [0, 0.1) is 5.41 Å². The van der Waals surface area contributed by atoms with E-state index in [1.165, 1.54) is 58.0 Å². The Hall–Kier alpha value is -0.0800. The van der Waals surface area contributed by atoms with Crippen molar-refractivity contribution in [2.45, 2.75) is 70.9 Å². The van der Waals surface area contributed by atoms with Crippen LogP contribution in [0.3, 0.4) is 0 Å². The third-order valence-corrected chi connectivity index (χ3v) is 5.06.